The summed E-state index contributed by atoms with van der Waals surface area (Å²) >= 11 is 0. The molecule has 0 radical (unpaired) electrons. The van der Waals surface area contributed by atoms with Crippen molar-refractivity contribution in [3.05, 3.63) is 0 Å². The van der Waals surface area contributed by atoms with E-state index in [1.807, 2.05) is 13.8 Å². The lowest BCUT2D eigenvalue weighted by Crippen LogP contribution is -2.65. The number of nitrogens with two attached hydrogens (primary N) is 1. The summed E-state index contributed by atoms with van der Waals surface area (Å²) in [4.78, 5) is 0. The van der Waals surface area contributed by atoms with Crippen molar-refractivity contribution in [3.8, 4) is 0 Å². The second-order valence-corrected chi connectivity index (χ2v) is 7.15. The first-order valence-electron chi connectivity index (χ1n) is 5.87. The molecule has 1 saturated heterocycles. The topological polar surface area (TPSA) is 75.4 Å². The molecule has 16 heavy (non-hydrogen) atoms. The molecule has 2 aliphatic rings. The average molecular weight is 247 g/mol. The van der Waals surface area contributed by atoms with Crippen molar-refractivity contribution in [1.29, 1.82) is 0 Å². The molecule has 0 bridgehead atoms. The van der Waals surface area contributed by atoms with Crippen molar-refractivity contribution in [3.63, 3.8) is 0 Å². The van der Waals surface area contributed by atoms with Crippen LogP contribution in [0.3, 0.4) is 0 Å². The average Bonchev–Trinajstić information content (AvgIpc) is 2.70. The van der Waals surface area contributed by atoms with Crippen molar-refractivity contribution in [2.75, 3.05) is 13.1 Å². The molecule has 0 aromatic heterocycles. The van der Waals surface area contributed by atoms with Crippen LogP contribution in [-0.4, -0.2) is 37.9 Å². The summed E-state index contributed by atoms with van der Waals surface area (Å²) in [5.74, 6) is 0. The molecular formula is C10H21N3O2S. The third-order valence-electron chi connectivity index (χ3n) is 4.04. The van der Waals surface area contributed by atoms with Gasteiger partial charge in [0.15, 0.2) is 0 Å². The van der Waals surface area contributed by atoms with Crippen molar-refractivity contribution < 1.29 is 8.42 Å². The van der Waals surface area contributed by atoms with Crippen molar-refractivity contribution >= 4 is 10.2 Å². The van der Waals surface area contributed by atoms with Gasteiger partial charge in [0.1, 0.15) is 0 Å². The molecule has 2 fully saturated rings. The Hall–Kier alpha value is -0.170. The molecule has 2 rings (SSSR count). The van der Waals surface area contributed by atoms with E-state index in [1.54, 1.807) is 0 Å². The lowest BCUT2D eigenvalue weighted by atomic mass is 9.64. The van der Waals surface area contributed by atoms with Crippen LogP contribution < -0.4 is 10.5 Å². The minimum Gasteiger partial charge on any atom is -0.327 e. The number of rotatable bonds is 3. The molecule has 0 spiro atoms. The van der Waals surface area contributed by atoms with Crippen molar-refractivity contribution in [2.45, 2.75) is 45.2 Å². The Morgan fingerprint density at radius 1 is 1.31 bits per heavy atom. The summed E-state index contributed by atoms with van der Waals surface area (Å²) < 4.78 is 28.3. The van der Waals surface area contributed by atoms with Crippen LogP contribution in [0.2, 0.25) is 0 Å². The predicted molar refractivity (Wildman–Crippen MR) is 63.0 cm³/mol. The van der Waals surface area contributed by atoms with Crippen LogP contribution in [0.15, 0.2) is 0 Å². The van der Waals surface area contributed by atoms with Crippen LogP contribution in [-0.2, 0) is 10.2 Å². The molecule has 2 atom stereocenters. The maximum atomic E-state index is 12.0. The van der Waals surface area contributed by atoms with E-state index in [-0.39, 0.29) is 17.5 Å². The molecule has 1 heterocycles. The van der Waals surface area contributed by atoms with Crippen LogP contribution in [0, 0.1) is 5.41 Å². The first-order chi connectivity index (χ1) is 7.34. The molecule has 2 unspecified atom stereocenters. The summed E-state index contributed by atoms with van der Waals surface area (Å²) in [7, 11) is -3.29. The van der Waals surface area contributed by atoms with Crippen molar-refractivity contribution in [1.82, 2.24) is 9.03 Å². The van der Waals surface area contributed by atoms with E-state index in [1.165, 1.54) is 4.31 Å². The third-order valence-corrected chi connectivity index (χ3v) is 5.67. The largest absolute Gasteiger partial charge is 0.327 e. The van der Waals surface area contributed by atoms with Gasteiger partial charge in [0, 0.05) is 25.2 Å². The maximum Gasteiger partial charge on any atom is 0.279 e. The van der Waals surface area contributed by atoms with Gasteiger partial charge in [-0.25, -0.2) is 0 Å². The summed E-state index contributed by atoms with van der Waals surface area (Å²) in [5, 5.41) is 0. The quantitative estimate of drug-likeness (QED) is 0.739. The first kappa shape index (κ1) is 12.3. The Labute approximate surface area is 97.6 Å². The SMILES string of the molecule is CC1(C)C(N)CC1NS(=O)(=O)N1CCCC1. The molecule has 5 nitrogen and oxygen atoms in total. The van der Waals surface area contributed by atoms with Crippen LogP contribution in [0.25, 0.3) is 0 Å². The Morgan fingerprint density at radius 2 is 1.88 bits per heavy atom. The van der Waals surface area contributed by atoms with Gasteiger partial charge in [-0.1, -0.05) is 13.8 Å². The Bertz CT molecular complexity index is 360. The number of hydrogen-bond acceptors (Lipinski definition) is 3. The van der Waals surface area contributed by atoms with Crippen LogP contribution in [0.4, 0.5) is 0 Å². The maximum absolute atomic E-state index is 12.0. The molecule has 0 aromatic rings. The lowest BCUT2D eigenvalue weighted by Gasteiger charge is -2.50. The Morgan fingerprint density at radius 3 is 2.31 bits per heavy atom. The van der Waals surface area contributed by atoms with Gasteiger partial charge in [-0.05, 0) is 24.7 Å². The number of nitrogens with one attached hydrogen (secondary N) is 1. The van der Waals surface area contributed by atoms with E-state index in [2.05, 4.69) is 4.72 Å². The summed E-state index contributed by atoms with van der Waals surface area (Å²) in [6.45, 7) is 5.32. The number of nitrogens with zero attached hydrogens (tertiary/aromatic N) is 1. The fraction of sp³-hybridized carbons (Fsp3) is 1.00. The van der Waals surface area contributed by atoms with E-state index < -0.39 is 10.2 Å². The van der Waals surface area contributed by atoms with E-state index in [4.69, 9.17) is 5.73 Å². The standard InChI is InChI=1S/C10H21N3O2S/c1-10(2)8(11)7-9(10)12-16(14,15)13-5-3-4-6-13/h8-9,12H,3-7,11H2,1-2H3. The van der Waals surface area contributed by atoms with Gasteiger partial charge >= 0.3 is 0 Å². The minimum atomic E-state index is -3.29. The predicted octanol–water partition coefficient (Wildman–Crippen LogP) is 0.0424. The molecule has 94 valence electrons. The van der Waals surface area contributed by atoms with Gasteiger partial charge in [-0.15, -0.1) is 0 Å². The highest BCUT2D eigenvalue weighted by atomic mass is 32.2. The Balaban J connectivity index is 2.00. The zero-order chi connectivity index (χ0) is 12.0. The van der Waals surface area contributed by atoms with Gasteiger partial charge < -0.3 is 5.73 Å². The minimum absolute atomic E-state index is 0.0203. The van der Waals surface area contributed by atoms with Crippen LogP contribution in [0.1, 0.15) is 33.1 Å². The molecule has 1 aliphatic heterocycles. The van der Waals surface area contributed by atoms with Crippen LogP contribution in [0.5, 0.6) is 0 Å². The highest BCUT2D eigenvalue weighted by molar-refractivity contribution is 7.87. The monoisotopic (exact) mass is 247 g/mol. The highest BCUT2D eigenvalue weighted by Gasteiger charge is 2.48. The fourth-order valence-corrected chi connectivity index (χ4v) is 3.99. The smallest absolute Gasteiger partial charge is 0.279 e. The second kappa shape index (κ2) is 3.94. The van der Waals surface area contributed by atoms with Gasteiger partial charge in [0.05, 0.1) is 0 Å². The molecule has 6 heteroatoms. The van der Waals surface area contributed by atoms with Crippen LogP contribution >= 0.6 is 0 Å². The number of hydrogen-bond donors (Lipinski definition) is 2. The lowest BCUT2D eigenvalue weighted by molar-refractivity contribution is 0.0890. The van der Waals surface area contributed by atoms with E-state index in [0.717, 1.165) is 19.3 Å². The van der Waals surface area contributed by atoms with E-state index in [0.29, 0.717) is 13.1 Å². The van der Waals surface area contributed by atoms with E-state index in [9.17, 15) is 8.42 Å². The third kappa shape index (κ3) is 1.99. The Kier molecular flexibility index (Phi) is 3.03. The molecule has 1 aliphatic carbocycles. The molecular weight excluding hydrogens is 226 g/mol. The highest BCUT2D eigenvalue weighted by Crippen LogP contribution is 2.39. The van der Waals surface area contributed by atoms with Crippen molar-refractivity contribution in [2.24, 2.45) is 11.1 Å². The van der Waals surface area contributed by atoms with E-state index >= 15 is 0 Å². The molecule has 0 aromatic carbocycles. The first-order valence-corrected chi connectivity index (χ1v) is 7.31. The molecule has 1 saturated carbocycles. The summed E-state index contributed by atoms with van der Waals surface area (Å²) in [6.07, 6.45) is 2.67. The summed E-state index contributed by atoms with van der Waals surface area (Å²) in [5.41, 5.74) is 5.74. The van der Waals surface area contributed by atoms with Gasteiger partial charge in [-0.2, -0.15) is 17.4 Å². The molecule has 0 amide bonds. The second-order valence-electron chi connectivity index (χ2n) is 5.45. The normalized spacial score (nSPS) is 34.9. The van der Waals surface area contributed by atoms with Gasteiger partial charge in [0.25, 0.3) is 10.2 Å². The zero-order valence-corrected chi connectivity index (χ0v) is 10.8. The molecule has 3 N–H and O–H groups in total. The van der Waals surface area contributed by atoms with Gasteiger partial charge in [0.2, 0.25) is 0 Å². The zero-order valence-electron chi connectivity index (χ0n) is 9.94. The van der Waals surface area contributed by atoms with Gasteiger partial charge in [-0.3, -0.25) is 0 Å². The summed E-state index contributed by atoms with van der Waals surface area (Å²) in [6, 6.07) is 0.0758. The fourth-order valence-electron chi connectivity index (χ4n) is 2.34.